The maximum atomic E-state index is 11.9. The first-order valence-corrected chi connectivity index (χ1v) is 5.57. The number of carbonyl (C=O) groups is 2. The Balaban J connectivity index is 2.28. The van der Waals surface area contributed by atoms with Crippen LogP contribution in [0.1, 0.15) is 26.5 Å². The van der Waals surface area contributed by atoms with Crippen molar-refractivity contribution >= 4 is 29.2 Å². The van der Waals surface area contributed by atoms with Gasteiger partial charge in [0.15, 0.2) is 16.5 Å². The highest BCUT2D eigenvalue weighted by molar-refractivity contribution is 6.32. The zero-order valence-electron chi connectivity index (χ0n) is 9.77. The van der Waals surface area contributed by atoms with E-state index in [1.54, 1.807) is 19.2 Å². The SMILES string of the molecule is Cc1cnc(Cl)c(NC(=O)c2nc[nH]c2C(=O)O)c1. The molecule has 2 rings (SSSR count). The van der Waals surface area contributed by atoms with E-state index >= 15 is 0 Å². The van der Waals surface area contributed by atoms with Crippen LogP contribution in [0.2, 0.25) is 5.15 Å². The number of imidazole rings is 1. The molecule has 0 aliphatic heterocycles. The van der Waals surface area contributed by atoms with Crippen LogP contribution in [0.25, 0.3) is 0 Å². The Morgan fingerprint density at radius 2 is 2.16 bits per heavy atom. The van der Waals surface area contributed by atoms with Gasteiger partial charge in [-0.1, -0.05) is 11.6 Å². The molecule has 0 bridgehead atoms. The quantitative estimate of drug-likeness (QED) is 0.742. The highest BCUT2D eigenvalue weighted by Crippen LogP contribution is 2.20. The summed E-state index contributed by atoms with van der Waals surface area (Å²) in [6.07, 6.45) is 2.68. The minimum Gasteiger partial charge on any atom is -0.477 e. The summed E-state index contributed by atoms with van der Waals surface area (Å²) in [5, 5.41) is 11.5. The lowest BCUT2D eigenvalue weighted by Gasteiger charge is -2.06. The third-order valence-corrected chi connectivity index (χ3v) is 2.59. The highest BCUT2D eigenvalue weighted by atomic mass is 35.5. The highest BCUT2D eigenvalue weighted by Gasteiger charge is 2.20. The number of carboxylic acids is 1. The number of hydrogen-bond acceptors (Lipinski definition) is 4. The van der Waals surface area contributed by atoms with Gasteiger partial charge in [0.05, 0.1) is 12.0 Å². The molecule has 0 unspecified atom stereocenters. The fourth-order valence-electron chi connectivity index (χ4n) is 1.45. The second kappa shape index (κ2) is 5.07. The number of pyridine rings is 1. The molecule has 0 fully saturated rings. The van der Waals surface area contributed by atoms with Crippen LogP contribution in [0.4, 0.5) is 5.69 Å². The van der Waals surface area contributed by atoms with Crippen molar-refractivity contribution < 1.29 is 14.7 Å². The maximum absolute atomic E-state index is 11.9. The van der Waals surface area contributed by atoms with Gasteiger partial charge in [-0.2, -0.15) is 0 Å². The van der Waals surface area contributed by atoms with Crippen molar-refractivity contribution in [3.05, 3.63) is 40.7 Å². The number of halogens is 1. The van der Waals surface area contributed by atoms with Crippen LogP contribution in [0, 0.1) is 6.92 Å². The first-order chi connectivity index (χ1) is 8.99. The Morgan fingerprint density at radius 3 is 2.84 bits per heavy atom. The van der Waals surface area contributed by atoms with E-state index in [1.807, 2.05) is 0 Å². The lowest BCUT2D eigenvalue weighted by atomic mass is 10.2. The van der Waals surface area contributed by atoms with Gasteiger partial charge in [-0.05, 0) is 18.6 Å². The van der Waals surface area contributed by atoms with Crippen LogP contribution in [-0.2, 0) is 0 Å². The summed E-state index contributed by atoms with van der Waals surface area (Å²) in [6.45, 7) is 1.79. The number of aromatic nitrogens is 3. The molecule has 2 heterocycles. The topological polar surface area (TPSA) is 108 Å². The summed E-state index contributed by atoms with van der Waals surface area (Å²) in [6, 6.07) is 1.63. The molecule has 0 radical (unpaired) electrons. The standard InChI is InChI=1S/C11H9ClN4O3/c1-5-2-6(9(12)13-3-5)16-10(17)7-8(11(18)19)15-4-14-7/h2-4H,1H3,(H,14,15)(H,16,17)(H,18,19). The smallest absolute Gasteiger partial charge is 0.354 e. The predicted octanol–water partition coefficient (Wildman–Crippen LogP) is 1.72. The van der Waals surface area contributed by atoms with Gasteiger partial charge in [0.25, 0.3) is 5.91 Å². The van der Waals surface area contributed by atoms with Crippen LogP contribution in [0.5, 0.6) is 0 Å². The minimum absolute atomic E-state index is 0.117. The summed E-state index contributed by atoms with van der Waals surface area (Å²) in [5.74, 6) is -1.94. The van der Waals surface area contributed by atoms with Crippen LogP contribution in [0.15, 0.2) is 18.6 Å². The fourth-order valence-corrected chi connectivity index (χ4v) is 1.60. The fraction of sp³-hybridized carbons (Fsp3) is 0.0909. The van der Waals surface area contributed by atoms with Crippen LogP contribution in [0.3, 0.4) is 0 Å². The van der Waals surface area contributed by atoms with Crippen LogP contribution < -0.4 is 5.32 Å². The number of H-pyrrole nitrogens is 1. The van der Waals surface area contributed by atoms with Crippen molar-refractivity contribution in [3.8, 4) is 0 Å². The minimum atomic E-state index is -1.27. The molecule has 2 aromatic heterocycles. The van der Waals surface area contributed by atoms with E-state index < -0.39 is 11.9 Å². The van der Waals surface area contributed by atoms with Crippen molar-refractivity contribution in [2.75, 3.05) is 5.32 Å². The zero-order valence-corrected chi connectivity index (χ0v) is 10.5. The second-order valence-corrected chi connectivity index (χ2v) is 4.09. The predicted molar refractivity (Wildman–Crippen MR) is 67.5 cm³/mol. The number of aryl methyl sites for hydroxylation is 1. The Bertz CT molecular complexity index is 653. The number of carbonyl (C=O) groups excluding carboxylic acids is 1. The van der Waals surface area contributed by atoms with Crippen molar-refractivity contribution in [1.29, 1.82) is 0 Å². The van der Waals surface area contributed by atoms with Crippen LogP contribution in [-0.4, -0.2) is 31.9 Å². The molecule has 0 aliphatic carbocycles. The van der Waals surface area contributed by atoms with Gasteiger partial charge in [0, 0.05) is 6.20 Å². The van der Waals surface area contributed by atoms with E-state index in [4.69, 9.17) is 16.7 Å². The molecule has 0 aliphatic rings. The summed E-state index contributed by atoms with van der Waals surface area (Å²) < 4.78 is 0. The number of anilines is 1. The number of aromatic amines is 1. The monoisotopic (exact) mass is 280 g/mol. The summed E-state index contributed by atoms with van der Waals surface area (Å²) in [4.78, 5) is 32.7. The summed E-state index contributed by atoms with van der Waals surface area (Å²) in [5.41, 5.74) is 0.602. The molecule has 19 heavy (non-hydrogen) atoms. The normalized spacial score (nSPS) is 10.2. The van der Waals surface area contributed by atoms with Gasteiger partial charge in [-0.3, -0.25) is 4.79 Å². The number of nitrogens with one attached hydrogen (secondary N) is 2. The first kappa shape index (κ1) is 13.0. The largest absolute Gasteiger partial charge is 0.477 e. The molecule has 0 aromatic carbocycles. The van der Waals surface area contributed by atoms with E-state index in [0.717, 1.165) is 11.9 Å². The van der Waals surface area contributed by atoms with Gasteiger partial charge in [0.1, 0.15) is 0 Å². The Kier molecular flexibility index (Phi) is 3.48. The van der Waals surface area contributed by atoms with E-state index in [9.17, 15) is 9.59 Å². The van der Waals surface area contributed by atoms with Gasteiger partial charge in [-0.25, -0.2) is 14.8 Å². The number of nitrogens with zero attached hydrogens (tertiary/aromatic N) is 2. The Labute approximate surface area is 112 Å². The van der Waals surface area contributed by atoms with Crippen molar-refractivity contribution in [1.82, 2.24) is 15.0 Å². The molecule has 8 heteroatoms. The molecular weight excluding hydrogens is 272 g/mol. The van der Waals surface area contributed by atoms with Crippen molar-refractivity contribution in [2.45, 2.75) is 6.92 Å². The van der Waals surface area contributed by atoms with E-state index in [2.05, 4.69) is 20.3 Å². The Morgan fingerprint density at radius 1 is 1.42 bits per heavy atom. The summed E-state index contributed by atoms with van der Waals surface area (Å²) in [7, 11) is 0. The second-order valence-electron chi connectivity index (χ2n) is 3.74. The molecule has 2 aromatic rings. The Hall–Kier alpha value is -2.41. The lowest BCUT2D eigenvalue weighted by molar-refractivity contribution is 0.0686. The third-order valence-electron chi connectivity index (χ3n) is 2.29. The first-order valence-electron chi connectivity index (χ1n) is 5.19. The molecule has 0 saturated carbocycles. The summed E-state index contributed by atoms with van der Waals surface area (Å²) >= 11 is 5.83. The third kappa shape index (κ3) is 2.71. The molecule has 0 atom stereocenters. The van der Waals surface area contributed by atoms with Gasteiger partial charge in [-0.15, -0.1) is 0 Å². The number of carboxylic acid groups (broad SMARTS) is 1. The van der Waals surface area contributed by atoms with E-state index in [1.165, 1.54) is 0 Å². The number of amides is 1. The number of hydrogen-bond donors (Lipinski definition) is 3. The number of aromatic carboxylic acids is 1. The van der Waals surface area contributed by atoms with E-state index in [0.29, 0.717) is 5.69 Å². The molecule has 3 N–H and O–H groups in total. The van der Waals surface area contributed by atoms with Gasteiger partial charge < -0.3 is 15.4 Å². The average molecular weight is 281 g/mol. The van der Waals surface area contributed by atoms with Crippen molar-refractivity contribution in [3.63, 3.8) is 0 Å². The van der Waals surface area contributed by atoms with Gasteiger partial charge in [0.2, 0.25) is 0 Å². The lowest BCUT2D eigenvalue weighted by Crippen LogP contribution is -2.17. The van der Waals surface area contributed by atoms with Crippen molar-refractivity contribution in [2.24, 2.45) is 0 Å². The molecule has 0 saturated heterocycles. The molecule has 0 spiro atoms. The number of rotatable bonds is 3. The molecule has 98 valence electrons. The zero-order chi connectivity index (χ0) is 14.0. The van der Waals surface area contributed by atoms with Crippen LogP contribution >= 0.6 is 11.6 Å². The van der Waals surface area contributed by atoms with Gasteiger partial charge >= 0.3 is 5.97 Å². The average Bonchev–Trinajstić information content (AvgIpc) is 2.83. The molecule has 1 amide bonds. The molecule has 7 nitrogen and oxygen atoms in total. The molecular formula is C11H9ClN4O3. The van der Waals surface area contributed by atoms with E-state index in [-0.39, 0.29) is 16.5 Å². The maximum Gasteiger partial charge on any atom is 0.354 e.